The fourth-order valence-electron chi connectivity index (χ4n) is 2.00. The quantitative estimate of drug-likeness (QED) is 0.812. The molecule has 0 fully saturated rings. The van der Waals surface area contributed by atoms with E-state index in [4.69, 9.17) is 28.3 Å². The molecule has 0 aliphatic carbocycles. The molecule has 0 amide bonds. The Kier molecular flexibility index (Phi) is 5.69. The number of hydrogen-bond donors (Lipinski definition) is 1. The molecule has 0 aliphatic rings. The minimum atomic E-state index is -4.11. The topological polar surface area (TPSA) is 74.7 Å². The maximum absolute atomic E-state index is 13.0. The van der Waals surface area contributed by atoms with Crippen molar-refractivity contribution in [1.82, 2.24) is 0 Å². The van der Waals surface area contributed by atoms with Crippen molar-refractivity contribution in [3.8, 4) is 0 Å². The number of nitrogens with zero attached hydrogens (tertiary/aromatic N) is 1. The maximum atomic E-state index is 13.0. The van der Waals surface area contributed by atoms with Crippen LogP contribution in [0.1, 0.15) is 6.42 Å². The summed E-state index contributed by atoms with van der Waals surface area (Å²) in [4.78, 5) is 10.7. The Bertz CT molecular complexity index is 836. The van der Waals surface area contributed by atoms with Crippen molar-refractivity contribution >= 4 is 44.9 Å². The van der Waals surface area contributed by atoms with E-state index >= 15 is 0 Å². The zero-order valence-corrected chi connectivity index (χ0v) is 14.4. The third kappa shape index (κ3) is 4.37. The first-order valence-electron chi connectivity index (χ1n) is 6.66. The van der Waals surface area contributed by atoms with Gasteiger partial charge < -0.3 is 5.11 Å². The lowest BCUT2D eigenvalue weighted by Gasteiger charge is -2.24. The number of halogens is 3. The summed E-state index contributed by atoms with van der Waals surface area (Å²) in [6, 6.07) is 8.36. The highest BCUT2D eigenvalue weighted by Crippen LogP contribution is 2.30. The second kappa shape index (κ2) is 7.38. The lowest BCUT2D eigenvalue weighted by atomic mass is 10.3. The molecule has 0 saturated carbocycles. The average Bonchev–Trinajstić information content (AvgIpc) is 2.46. The van der Waals surface area contributed by atoms with E-state index in [-0.39, 0.29) is 27.2 Å². The molecule has 1 N–H and O–H groups in total. The van der Waals surface area contributed by atoms with E-state index in [1.807, 2.05) is 0 Å². The largest absolute Gasteiger partial charge is 0.481 e. The van der Waals surface area contributed by atoms with Crippen LogP contribution in [0.5, 0.6) is 0 Å². The number of aliphatic carboxylic acids is 1. The van der Waals surface area contributed by atoms with Crippen LogP contribution in [0.15, 0.2) is 47.4 Å². The number of sulfonamides is 1. The number of carbonyl (C=O) groups is 1. The van der Waals surface area contributed by atoms with Crippen LogP contribution < -0.4 is 4.31 Å². The Hall–Kier alpha value is -1.83. The van der Waals surface area contributed by atoms with E-state index in [0.29, 0.717) is 0 Å². The van der Waals surface area contributed by atoms with E-state index in [1.165, 1.54) is 18.2 Å². The molecule has 0 aromatic heterocycles. The van der Waals surface area contributed by atoms with E-state index in [0.717, 1.165) is 28.6 Å². The molecule has 0 aliphatic heterocycles. The van der Waals surface area contributed by atoms with Gasteiger partial charge in [0.25, 0.3) is 10.0 Å². The minimum Gasteiger partial charge on any atom is -0.481 e. The van der Waals surface area contributed by atoms with Gasteiger partial charge in [0.05, 0.1) is 17.0 Å². The average molecular weight is 392 g/mol. The van der Waals surface area contributed by atoms with Gasteiger partial charge in [0.2, 0.25) is 0 Å². The Morgan fingerprint density at radius 2 is 1.62 bits per heavy atom. The molecule has 0 unspecified atom stereocenters. The van der Waals surface area contributed by atoms with Crippen LogP contribution in [0.3, 0.4) is 0 Å². The fraction of sp³-hybridized carbons (Fsp3) is 0.133. The summed E-state index contributed by atoms with van der Waals surface area (Å²) in [7, 11) is -4.11. The van der Waals surface area contributed by atoms with Crippen molar-refractivity contribution < 1.29 is 22.7 Å². The number of anilines is 1. The van der Waals surface area contributed by atoms with Gasteiger partial charge in [-0.05, 0) is 42.5 Å². The van der Waals surface area contributed by atoms with E-state index < -0.39 is 28.2 Å². The van der Waals surface area contributed by atoms with E-state index in [9.17, 15) is 17.6 Å². The van der Waals surface area contributed by atoms with Crippen molar-refractivity contribution in [2.45, 2.75) is 11.3 Å². The van der Waals surface area contributed by atoms with Gasteiger partial charge in [-0.3, -0.25) is 9.10 Å². The van der Waals surface area contributed by atoms with Gasteiger partial charge in [0, 0.05) is 16.6 Å². The second-order valence-electron chi connectivity index (χ2n) is 4.80. The molecule has 0 bridgehead atoms. The standard InChI is InChI=1S/C15H12Cl2FNO4S/c16-10-7-11(17)9-13(8-10)19(6-5-15(20)21)24(22,23)14-3-1-12(18)2-4-14/h1-4,7-9H,5-6H2,(H,20,21). The summed E-state index contributed by atoms with van der Waals surface area (Å²) in [6.45, 7) is -0.328. The molecular weight excluding hydrogens is 380 g/mol. The molecule has 24 heavy (non-hydrogen) atoms. The van der Waals surface area contributed by atoms with Gasteiger partial charge in [-0.2, -0.15) is 0 Å². The summed E-state index contributed by atoms with van der Waals surface area (Å²) < 4.78 is 39.5. The van der Waals surface area contributed by atoms with Crippen LogP contribution in [0.2, 0.25) is 10.0 Å². The van der Waals surface area contributed by atoms with Gasteiger partial charge in [0.1, 0.15) is 5.82 Å². The Balaban J connectivity index is 2.52. The number of benzene rings is 2. The van der Waals surface area contributed by atoms with Gasteiger partial charge >= 0.3 is 5.97 Å². The zero-order valence-electron chi connectivity index (χ0n) is 12.1. The first-order chi connectivity index (χ1) is 11.2. The van der Waals surface area contributed by atoms with Crippen molar-refractivity contribution in [1.29, 1.82) is 0 Å². The third-order valence-corrected chi connectivity index (χ3v) is 5.34. The highest BCUT2D eigenvalue weighted by Gasteiger charge is 2.26. The minimum absolute atomic E-state index is 0.123. The summed E-state index contributed by atoms with van der Waals surface area (Å²) in [5.74, 6) is -1.75. The zero-order chi connectivity index (χ0) is 17.9. The third-order valence-electron chi connectivity index (χ3n) is 3.07. The van der Waals surface area contributed by atoms with Gasteiger partial charge in [-0.1, -0.05) is 23.2 Å². The molecule has 0 atom stereocenters. The normalized spacial score (nSPS) is 11.3. The molecule has 5 nitrogen and oxygen atoms in total. The predicted molar refractivity (Wildman–Crippen MR) is 89.6 cm³/mol. The van der Waals surface area contributed by atoms with Gasteiger partial charge in [0.15, 0.2) is 0 Å². The molecule has 9 heteroatoms. The Morgan fingerprint density at radius 1 is 1.08 bits per heavy atom. The van der Waals surface area contributed by atoms with E-state index in [1.54, 1.807) is 0 Å². The van der Waals surface area contributed by atoms with Gasteiger partial charge in [-0.25, -0.2) is 12.8 Å². The summed E-state index contributed by atoms with van der Waals surface area (Å²) in [6.07, 6.45) is -0.426. The Labute approximate surface area is 148 Å². The molecule has 0 spiro atoms. The summed E-state index contributed by atoms with van der Waals surface area (Å²) in [5, 5.41) is 9.27. The van der Waals surface area contributed by atoms with Crippen LogP contribution in [-0.2, 0) is 14.8 Å². The number of carboxylic acid groups (broad SMARTS) is 1. The first kappa shape index (κ1) is 18.5. The van der Waals surface area contributed by atoms with Crippen molar-refractivity contribution in [2.75, 3.05) is 10.8 Å². The summed E-state index contributed by atoms with van der Waals surface area (Å²) >= 11 is 11.8. The van der Waals surface area contributed by atoms with Crippen LogP contribution in [0, 0.1) is 5.82 Å². The van der Waals surface area contributed by atoms with Crippen LogP contribution >= 0.6 is 23.2 Å². The van der Waals surface area contributed by atoms with Gasteiger partial charge in [-0.15, -0.1) is 0 Å². The number of rotatable bonds is 6. The van der Waals surface area contributed by atoms with Crippen LogP contribution in [0.4, 0.5) is 10.1 Å². The number of carboxylic acids is 1. The van der Waals surface area contributed by atoms with Crippen LogP contribution in [0.25, 0.3) is 0 Å². The predicted octanol–water partition coefficient (Wildman–Crippen LogP) is 3.80. The molecule has 0 radical (unpaired) electrons. The fourth-order valence-corrected chi connectivity index (χ4v) is 3.97. The molecule has 2 rings (SSSR count). The molecule has 0 heterocycles. The maximum Gasteiger partial charge on any atom is 0.305 e. The Morgan fingerprint density at radius 3 is 2.12 bits per heavy atom. The molecule has 128 valence electrons. The van der Waals surface area contributed by atoms with Crippen molar-refractivity contribution in [3.05, 3.63) is 58.3 Å². The van der Waals surface area contributed by atoms with E-state index in [2.05, 4.69) is 0 Å². The highest BCUT2D eigenvalue weighted by molar-refractivity contribution is 7.92. The molecule has 2 aromatic carbocycles. The lowest BCUT2D eigenvalue weighted by Crippen LogP contribution is -2.33. The molecule has 2 aromatic rings. The van der Waals surface area contributed by atoms with Crippen molar-refractivity contribution in [3.63, 3.8) is 0 Å². The molecule has 0 saturated heterocycles. The highest BCUT2D eigenvalue weighted by atomic mass is 35.5. The summed E-state index contributed by atoms with van der Waals surface area (Å²) in [5.41, 5.74) is 0.123. The second-order valence-corrected chi connectivity index (χ2v) is 7.54. The smallest absolute Gasteiger partial charge is 0.305 e. The first-order valence-corrected chi connectivity index (χ1v) is 8.86. The number of hydrogen-bond acceptors (Lipinski definition) is 3. The lowest BCUT2D eigenvalue weighted by molar-refractivity contribution is -0.136. The van der Waals surface area contributed by atoms with Crippen molar-refractivity contribution in [2.24, 2.45) is 0 Å². The van der Waals surface area contributed by atoms with Crippen LogP contribution in [-0.4, -0.2) is 26.0 Å². The monoisotopic (exact) mass is 391 g/mol. The SMILES string of the molecule is O=C(O)CCN(c1cc(Cl)cc(Cl)c1)S(=O)(=O)c1ccc(F)cc1. The molecular formula is C15H12Cl2FNO4S.